The van der Waals surface area contributed by atoms with Crippen molar-refractivity contribution in [2.45, 2.75) is 31.7 Å². The van der Waals surface area contributed by atoms with Gasteiger partial charge in [-0.05, 0) is 43.4 Å². The number of nitrogens with zero attached hydrogens (tertiary/aromatic N) is 1. The third-order valence-electron chi connectivity index (χ3n) is 4.14. The second-order valence-corrected chi connectivity index (χ2v) is 5.46. The molecule has 3 heteroatoms. The molecule has 2 atom stereocenters. The number of carbonyl (C=O) groups is 1. The van der Waals surface area contributed by atoms with Crippen LogP contribution < -0.4 is 0 Å². The van der Waals surface area contributed by atoms with Gasteiger partial charge in [0.15, 0.2) is 5.76 Å². The molecule has 0 aliphatic carbocycles. The topological polar surface area (TPSA) is 33.5 Å². The van der Waals surface area contributed by atoms with Gasteiger partial charge < -0.3 is 9.32 Å². The monoisotopic (exact) mass is 269 g/mol. The van der Waals surface area contributed by atoms with E-state index in [0.29, 0.717) is 11.7 Å². The summed E-state index contributed by atoms with van der Waals surface area (Å²) in [5.41, 5.74) is 1.38. The van der Waals surface area contributed by atoms with E-state index in [1.54, 1.807) is 18.4 Å². The Kier molecular flexibility index (Phi) is 3.59. The molecular formula is C17H19NO2. The van der Waals surface area contributed by atoms with Gasteiger partial charge in [-0.15, -0.1) is 0 Å². The summed E-state index contributed by atoms with van der Waals surface area (Å²) in [6.45, 7) is 2.91. The van der Waals surface area contributed by atoms with E-state index in [4.69, 9.17) is 4.42 Å². The van der Waals surface area contributed by atoms with E-state index in [1.807, 2.05) is 11.0 Å². The van der Waals surface area contributed by atoms with Crippen LogP contribution in [0.4, 0.5) is 0 Å². The number of hydrogen-bond donors (Lipinski definition) is 0. The Bertz CT molecular complexity index is 562. The predicted octanol–water partition coefficient (Wildman–Crippen LogP) is 3.69. The minimum absolute atomic E-state index is 0.00834. The van der Waals surface area contributed by atoms with Crippen molar-refractivity contribution in [1.82, 2.24) is 4.90 Å². The number of hydrogen-bond acceptors (Lipinski definition) is 2. The van der Waals surface area contributed by atoms with E-state index in [0.717, 1.165) is 19.4 Å². The van der Waals surface area contributed by atoms with Crippen LogP contribution in [-0.2, 0) is 0 Å². The van der Waals surface area contributed by atoms with Gasteiger partial charge in [0.05, 0.1) is 6.26 Å². The molecule has 0 saturated carbocycles. The van der Waals surface area contributed by atoms with E-state index in [9.17, 15) is 4.79 Å². The van der Waals surface area contributed by atoms with Crippen molar-refractivity contribution in [2.24, 2.45) is 0 Å². The van der Waals surface area contributed by atoms with Gasteiger partial charge in [0.1, 0.15) is 0 Å². The minimum Gasteiger partial charge on any atom is -0.459 e. The Hall–Kier alpha value is -2.03. The standard InChI is InChI=1S/C17H19NO2/c1-13-12-15(14-6-3-2-4-7-14)9-10-18(13)17(19)16-8-5-11-20-16/h2-8,11,13,15H,9-10,12H2,1H3/t13-,15+/m1/s1. The predicted molar refractivity (Wildman–Crippen MR) is 77.6 cm³/mol. The lowest BCUT2D eigenvalue weighted by Crippen LogP contribution is -2.44. The first-order valence-electron chi connectivity index (χ1n) is 7.15. The van der Waals surface area contributed by atoms with Crippen LogP contribution in [0, 0.1) is 0 Å². The molecule has 3 rings (SSSR count). The van der Waals surface area contributed by atoms with Crippen LogP contribution in [0.15, 0.2) is 53.1 Å². The van der Waals surface area contributed by atoms with Crippen LogP contribution in [0.2, 0.25) is 0 Å². The molecule has 1 aromatic carbocycles. The fourth-order valence-electron chi connectivity index (χ4n) is 3.04. The van der Waals surface area contributed by atoms with Crippen LogP contribution in [0.25, 0.3) is 0 Å². The quantitative estimate of drug-likeness (QED) is 0.833. The summed E-state index contributed by atoms with van der Waals surface area (Å²) in [5, 5.41) is 0. The molecular weight excluding hydrogens is 250 g/mol. The molecule has 1 aromatic heterocycles. The average Bonchev–Trinajstić information content (AvgIpc) is 3.01. The lowest BCUT2D eigenvalue weighted by molar-refractivity contribution is 0.0583. The van der Waals surface area contributed by atoms with E-state index in [-0.39, 0.29) is 11.9 Å². The highest BCUT2D eigenvalue weighted by Gasteiger charge is 2.30. The molecule has 1 fully saturated rings. The van der Waals surface area contributed by atoms with Gasteiger partial charge in [-0.1, -0.05) is 30.3 Å². The van der Waals surface area contributed by atoms with Crippen LogP contribution in [0.3, 0.4) is 0 Å². The SMILES string of the molecule is C[C@@H]1C[C@@H](c2ccccc2)CCN1C(=O)c1ccco1. The molecule has 0 radical (unpaired) electrons. The molecule has 1 amide bonds. The Labute approximate surface area is 119 Å². The summed E-state index contributed by atoms with van der Waals surface area (Å²) in [7, 11) is 0. The lowest BCUT2D eigenvalue weighted by Gasteiger charge is -2.37. The highest BCUT2D eigenvalue weighted by atomic mass is 16.3. The summed E-state index contributed by atoms with van der Waals surface area (Å²) in [4.78, 5) is 14.3. The van der Waals surface area contributed by atoms with Gasteiger partial charge in [0.25, 0.3) is 5.91 Å². The third kappa shape index (κ3) is 2.48. The lowest BCUT2D eigenvalue weighted by atomic mass is 9.86. The Morgan fingerprint density at radius 3 is 2.65 bits per heavy atom. The highest BCUT2D eigenvalue weighted by Crippen LogP contribution is 2.32. The van der Waals surface area contributed by atoms with Gasteiger partial charge in [-0.2, -0.15) is 0 Å². The Morgan fingerprint density at radius 1 is 1.20 bits per heavy atom. The van der Waals surface area contributed by atoms with Crippen molar-refractivity contribution in [3.63, 3.8) is 0 Å². The second-order valence-electron chi connectivity index (χ2n) is 5.46. The van der Waals surface area contributed by atoms with Crippen LogP contribution >= 0.6 is 0 Å². The number of amides is 1. The maximum absolute atomic E-state index is 12.3. The molecule has 20 heavy (non-hydrogen) atoms. The molecule has 1 saturated heterocycles. The first-order valence-corrected chi connectivity index (χ1v) is 7.15. The van der Waals surface area contributed by atoms with E-state index >= 15 is 0 Å². The van der Waals surface area contributed by atoms with E-state index in [1.165, 1.54) is 5.56 Å². The molecule has 3 nitrogen and oxygen atoms in total. The zero-order valence-electron chi connectivity index (χ0n) is 11.7. The first-order chi connectivity index (χ1) is 9.75. The summed E-state index contributed by atoms with van der Waals surface area (Å²) in [5.74, 6) is 0.996. The maximum atomic E-state index is 12.3. The number of piperidine rings is 1. The zero-order valence-corrected chi connectivity index (χ0v) is 11.7. The van der Waals surface area contributed by atoms with Crippen molar-refractivity contribution in [1.29, 1.82) is 0 Å². The first kappa shape index (κ1) is 13.0. The molecule has 0 spiro atoms. The Balaban J connectivity index is 1.70. The van der Waals surface area contributed by atoms with E-state index < -0.39 is 0 Å². The smallest absolute Gasteiger partial charge is 0.289 e. The molecule has 1 aliphatic rings. The molecule has 0 unspecified atom stereocenters. The van der Waals surface area contributed by atoms with Crippen molar-refractivity contribution in [3.05, 3.63) is 60.1 Å². The maximum Gasteiger partial charge on any atom is 0.289 e. The molecule has 1 aliphatic heterocycles. The van der Waals surface area contributed by atoms with Crippen LogP contribution in [-0.4, -0.2) is 23.4 Å². The fourth-order valence-corrected chi connectivity index (χ4v) is 3.04. The fraction of sp³-hybridized carbons (Fsp3) is 0.353. The van der Waals surface area contributed by atoms with Crippen molar-refractivity contribution < 1.29 is 9.21 Å². The van der Waals surface area contributed by atoms with Gasteiger partial charge in [-0.25, -0.2) is 0 Å². The third-order valence-corrected chi connectivity index (χ3v) is 4.14. The zero-order chi connectivity index (χ0) is 13.9. The summed E-state index contributed by atoms with van der Waals surface area (Å²) in [6, 6.07) is 14.3. The largest absolute Gasteiger partial charge is 0.459 e. The number of benzene rings is 1. The highest BCUT2D eigenvalue weighted by molar-refractivity contribution is 5.91. The number of likely N-dealkylation sites (tertiary alicyclic amines) is 1. The molecule has 0 N–H and O–H groups in total. The molecule has 2 heterocycles. The Morgan fingerprint density at radius 2 is 2.00 bits per heavy atom. The van der Waals surface area contributed by atoms with Crippen molar-refractivity contribution in [3.8, 4) is 0 Å². The van der Waals surface area contributed by atoms with Gasteiger partial charge in [0.2, 0.25) is 0 Å². The summed E-state index contributed by atoms with van der Waals surface area (Å²) in [6.07, 6.45) is 3.58. The normalized spacial score (nSPS) is 22.8. The van der Waals surface area contributed by atoms with Gasteiger partial charge in [0, 0.05) is 12.6 Å². The van der Waals surface area contributed by atoms with Crippen LogP contribution in [0.1, 0.15) is 41.8 Å². The van der Waals surface area contributed by atoms with Crippen molar-refractivity contribution in [2.75, 3.05) is 6.54 Å². The number of rotatable bonds is 2. The minimum atomic E-state index is 0.00834. The van der Waals surface area contributed by atoms with Crippen LogP contribution in [0.5, 0.6) is 0 Å². The average molecular weight is 269 g/mol. The summed E-state index contributed by atoms with van der Waals surface area (Å²) >= 11 is 0. The number of carbonyl (C=O) groups excluding carboxylic acids is 1. The molecule has 0 bridgehead atoms. The molecule has 2 aromatic rings. The summed E-state index contributed by atoms with van der Waals surface area (Å²) < 4.78 is 5.22. The van der Waals surface area contributed by atoms with Gasteiger partial charge in [-0.3, -0.25) is 4.79 Å². The molecule has 104 valence electrons. The van der Waals surface area contributed by atoms with Crippen molar-refractivity contribution >= 4 is 5.91 Å². The van der Waals surface area contributed by atoms with E-state index in [2.05, 4.69) is 31.2 Å². The second kappa shape index (κ2) is 5.53. The number of furan rings is 1. The van der Waals surface area contributed by atoms with Gasteiger partial charge >= 0.3 is 0 Å².